The largest absolute Gasteiger partial charge is 0.392 e. The predicted molar refractivity (Wildman–Crippen MR) is 74.6 cm³/mol. The molecule has 1 aromatic carbocycles. The Morgan fingerprint density at radius 2 is 2.11 bits per heavy atom. The van der Waals surface area contributed by atoms with Crippen LogP contribution in [-0.4, -0.2) is 21.4 Å². The normalized spacial score (nSPS) is 23.5. The first-order valence-corrected chi connectivity index (χ1v) is 7.31. The number of hydrogen-bond acceptors (Lipinski definition) is 4. The smallest absolute Gasteiger partial charge is 0.232 e. The highest BCUT2D eigenvalue weighted by Crippen LogP contribution is 2.33. The molecule has 1 N–H and O–H groups in total. The van der Waals surface area contributed by atoms with Gasteiger partial charge in [-0.2, -0.15) is 4.98 Å². The van der Waals surface area contributed by atoms with Crippen molar-refractivity contribution in [3.63, 3.8) is 0 Å². The van der Waals surface area contributed by atoms with E-state index in [1.54, 1.807) is 0 Å². The van der Waals surface area contributed by atoms with Crippen molar-refractivity contribution in [2.24, 2.45) is 0 Å². The third-order valence-corrected chi connectivity index (χ3v) is 4.06. The van der Waals surface area contributed by atoms with Gasteiger partial charge in [-0.1, -0.05) is 46.1 Å². The molecule has 1 saturated carbocycles. The summed E-state index contributed by atoms with van der Waals surface area (Å²) in [6.07, 6.45) is 3.56. The topological polar surface area (TPSA) is 59.2 Å². The van der Waals surface area contributed by atoms with Gasteiger partial charge in [-0.15, -0.1) is 0 Å². The van der Waals surface area contributed by atoms with Gasteiger partial charge < -0.3 is 9.63 Å². The highest BCUT2D eigenvalue weighted by Gasteiger charge is 2.29. The number of halogens is 1. The minimum atomic E-state index is -0.357. The molecule has 1 aliphatic carbocycles. The fourth-order valence-corrected chi connectivity index (χ4v) is 2.93. The molecule has 0 spiro atoms. The summed E-state index contributed by atoms with van der Waals surface area (Å²) in [6.45, 7) is 0. The van der Waals surface area contributed by atoms with E-state index in [0.717, 1.165) is 35.7 Å². The second kappa shape index (κ2) is 5.43. The van der Waals surface area contributed by atoms with Crippen molar-refractivity contribution in [2.45, 2.75) is 37.7 Å². The van der Waals surface area contributed by atoms with Crippen LogP contribution in [0, 0.1) is 0 Å². The van der Waals surface area contributed by atoms with Crippen LogP contribution in [0.5, 0.6) is 0 Å². The zero-order chi connectivity index (χ0) is 13.2. The van der Waals surface area contributed by atoms with Crippen LogP contribution >= 0.6 is 15.9 Å². The molecule has 1 fully saturated rings. The van der Waals surface area contributed by atoms with Gasteiger partial charge in [0.2, 0.25) is 11.7 Å². The van der Waals surface area contributed by atoms with E-state index in [1.165, 1.54) is 0 Å². The summed E-state index contributed by atoms with van der Waals surface area (Å²) in [5.74, 6) is 1.12. The highest BCUT2D eigenvalue weighted by atomic mass is 79.9. The summed E-state index contributed by atoms with van der Waals surface area (Å²) >= 11 is 3.43. The number of nitrogens with zero attached hydrogens (tertiary/aromatic N) is 2. The molecule has 0 radical (unpaired) electrons. The Kier molecular flexibility index (Phi) is 3.66. The molecular formula is C14H15BrN2O2. The predicted octanol–water partition coefficient (Wildman–Crippen LogP) is 3.52. The molecule has 1 aromatic heterocycles. The van der Waals surface area contributed by atoms with Crippen molar-refractivity contribution >= 4 is 15.9 Å². The van der Waals surface area contributed by atoms with Crippen LogP contribution in [0.1, 0.15) is 37.5 Å². The Morgan fingerprint density at radius 1 is 1.26 bits per heavy atom. The summed E-state index contributed by atoms with van der Waals surface area (Å²) in [5, 5.41) is 14.0. The molecule has 19 heavy (non-hydrogen) atoms. The van der Waals surface area contributed by atoms with Crippen molar-refractivity contribution in [1.29, 1.82) is 0 Å². The molecule has 5 heteroatoms. The standard InChI is InChI=1S/C14H15BrN2O2/c15-10-5-3-4-9(8-10)13-16-14(19-17-13)11-6-1-2-7-12(11)18/h3-5,8,11-12,18H,1-2,6-7H2. The Hall–Kier alpha value is -1.20. The number of aliphatic hydroxyl groups excluding tert-OH is 1. The molecule has 4 nitrogen and oxygen atoms in total. The third-order valence-electron chi connectivity index (χ3n) is 3.57. The van der Waals surface area contributed by atoms with Crippen molar-refractivity contribution in [3.05, 3.63) is 34.6 Å². The number of benzene rings is 1. The maximum absolute atomic E-state index is 10.0. The van der Waals surface area contributed by atoms with E-state index in [0.29, 0.717) is 11.7 Å². The van der Waals surface area contributed by atoms with Crippen molar-refractivity contribution in [1.82, 2.24) is 10.1 Å². The van der Waals surface area contributed by atoms with Gasteiger partial charge in [-0.25, -0.2) is 0 Å². The van der Waals surface area contributed by atoms with E-state index in [1.807, 2.05) is 24.3 Å². The van der Waals surface area contributed by atoms with Gasteiger partial charge in [0.25, 0.3) is 0 Å². The van der Waals surface area contributed by atoms with E-state index in [4.69, 9.17) is 4.52 Å². The summed E-state index contributed by atoms with van der Waals surface area (Å²) < 4.78 is 6.31. The summed E-state index contributed by atoms with van der Waals surface area (Å²) in [5.41, 5.74) is 0.912. The van der Waals surface area contributed by atoms with Crippen LogP contribution in [-0.2, 0) is 0 Å². The van der Waals surface area contributed by atoms with E-state index < -0.39 is 0 Å². The molecule has 2 atom stereocenters. The molecule has 1 aliphatic rings. The minimum absolute atomic E-state index is 0.0119. The first-order chi connectivity index (χ1) is 9.24. The molecule has 3 rings (SSSR count). The van der Waals surface area contributed by atoms with Crippen molar-refractivity contribution < 1.29 is 9.63 Å². The van der Waals surface area contributed by atoms with Crippen LogP contribution in [0.2, 0.25) is 0 Å². The molecule has 2 aromatic rings. The quantitative estimate of drug-likeness (QED) is 0.919. The number of hydrogen-bond donors (Lipinski definition) is 1. The third kappa shape index (κ3) is 2.72. The monoisotopic (exact) mass is 322 g/mol. The van der Waals surface area contributed by atoms with Crippen LogP contribution < -0.4 is 0 Å². The lowest BCUT2D eigenvalue weighted by Gasteiger charge is -2.24. The van der Waals surface area contributed by atoms with Gasteiger partial charge in [0, 0.05) is 10.0 Å². The molecule has 0 amide bonds. The summed E-state index contributed by atoms with van der Waals surface area (Å²) in [6, 6.07) is 7.78. The van der Waals surface area contributed by atoms with Gasteiger partial charge in [-0.05, 0) is 25.0 Å². The lowest BCUT2D eigenvalue weighted by atomic mass is 9.86. The van der Waals surface area contributed by atoms with E-state index >= 15 is 0 Å². The fraction of sp³-hybridized carbons (Fsp3) is 0.429. The van der Waals surface area contributed by atoms with Crippen LogP contribution in [0.25, 0.3) is 11.4 Å². The zero-order valence-electron chi connectivity index (χ0n) is 10.4. The van der Waals surface area contributed by atoms with E-state index in [2.05, 4.69) is 26.1 Å². The lowest BCUT2D eigenvalue weighted by molar-refractivity contribution is 0.0908. The SMILES string of the molecule is OC1CCCCC1c1nc(-c2cccc(Br)c2)no1. The average Bonchev–Trinajstić information content (AvgIpc) is 2.89. The zero-order valence-corrected chi connectivity index (χ0v) is 12.0. The summed E-state index contributed by atoms with van der Waals surface area (Å²) in [7, 11) is 0. The van der Waals surface area contributed by atoms with E-state index in [-0.39, 0.29) is 12.0 Å². The Balaban J connectivity index is 1.86. The van der Waals surface area contributed by atoms with Crippen LogP contribution in [0.4, 0.5) is 0 Å². The first kappa shape index (κ1) is 12.8. The van der Waals surface area contributed by atoms with Gasteiger partial charge in [0.05, 0.1) is 12.0 Å². The molecule has 0 bridgehead atoms. The number of aromatic nitrogens is 2. The number of rotatable bonds is 2. The fourth-order valence-electron chi connectivity index (χ4n) is 2.53. The molecular weight excluding hydrogens is 308 g/mol. The Bertz CT molecular complexity index is 570. The maximum Gasteiger partial charge on any atom is 0.232 e. The highest BCUT2D eigenvalue weighted by molar-refractivity contribution is 9.10. The van der Waals surface area contributed by atoms with Crippen molar-refractivity contribution in [2.75, 3.05) is 0 Å². The maximum atomic E-state index is 10.0. The first-order valence-electron chi connectivity index (χ1n) is 6.51. The minimum Gasteiger partial charge on any atom is -0.392 e. The molecule has 1 heterocycles. The van der Waals surface area contributed by atoms with Gasteiger partial charge in [0.1, 0.15) is 0 Å². The second-order valence-corrected chi connectivity index (χ2v) is 5.84. The van der Waals surface area contributed by atoms with Gasteiger partial charge in [0.15, 0.2) is 0 Å². The Labute approximate surface area is 120 Å². The molecule has 0 aliphatic heterocycles. The molecule has 2 unspecified atom stereocenters. The van der Waals surface area contributed by atoms with Gasteiger partial charge in [-0.3, -0.25) is 0 Å². The van der Waals surface area contributed by atoms with Crippen molar-refractivity contribution in [3.8, 4) is 11.4 Å². The number of aliphatic hydroxyl groups is 1. The van der Waals surface area contributed by atoms with Gasteiger partial charge >= 0.3 is 0 Å². The lowest BCUT2D eigenvalue weighted by Crippen LogP contribution is -2.22. The average molecular weight is 323 g/mol. The Morgan fingerprint density at radius 3 is 2.89 bits per heavy atom. The molecule has 100 valence electrons. The van der Waals surface area contributed by atoms with Crippen LogP contribution in [0.3, 0.4) is 0 Å². The van der Waals surface area contributed by atoms with Crippen LogP contribution in [0.15, 0.2) is 33.3 Å². The summed E-state index contributed by atoms with van der Waals surface area (Å²) in [4.78, 5) is 4.44. The second-order valence-electron chi connectivity index (χ2n) is 4.92. The van der Waals surface area contributed by atoms with E-state index in [9.17, 15) is 5.11 Å². The molecule has 0 saturated heterocycles.